The number of halogens is 3. The summed E-state index contributed by atoms with van der Waals surface area (Å²) in [4.78, 5) is 0. The Morgan fingerprint density at radius 1 is 1.00 bits per heavy atom. The molecule has 2 rings (SSSR count). The Bertz CT molecular complexity index is 620. The minimum absolute atomic E-state index is 0.0403. The molecule has 0 radical (unpaired) electrons. The normalized spacial score (nSPS) is 12.3. The highest BCUT2D eigenvalue weighted by Crippen LogP contribution is 2.29. The Morgan fingerprint density at radius 2 is 1.60 bits per heavy atom. The van der Waals surface area contributed by atoms with E-state index in [0.29, 0.717) is 5.56 Å². The maximum Gasteiger partial charge on any atom is 0.134 e. The average molecular weight is 281 g/mol. The summed E-state index contributed by atoms with van der Waals surface area (Å²) in [6.07, 6.45) is 0. The van der Waals surface area contributed by atoms with Crippen LogP contribution in [0.4, 0.5) is 13.2 Å². The van der Waals surface area contributed by atoms with Gasteiger partial charge in [0.1, 0.15) is 23.2 Å². The second-order valence-corrected chi connectivity index (χ2v) is 4.51. The van der Waals surface area contributed by atoms with Crippen LogP contribution in [-0.2, 0) is 0 Å². The lowest BCUT2D eigenvalue weighted by Crippen LogP contribution is -2.17. The van der Waals surface area contributed by atoms with Crippen LogP contribution in [0.25, 0.3) is 0 Å². The smallest absolute Gasteiger partial charge is 0.134 e. The van der Waals surface area contributed by atoms with Crippen molar-refractivity contribution in [1.82, 2.24) is 0 Å². The molecule has 0 aliphatic carbocycles. The lowest BCUT2D eigenvalue weighted by atomic mass is 9.97. The number of nitrogens with two attached hydrogens (primary N) is 1. The van der Waals surface area contributed by atoms with Gasteiger partial charge >= 0.3 is 0 Å². The predicted molar refractivity (Wildman–Crippen MR) is 70.1 cm³/mol. The van der Waals surface area contributed by atoms with Gasteiger partial charge in [-0.05, 0) is 18.6 Å². The van der Waals surface area contributed by atoms with Crippen molar-refractivity contribution in [3.8, 4) is 5.75 Å². The summed E-state index contributed by atoms with van der Waals surface area (Å²) in [7, 11) is 1.30. The van der Waals surface area contributed by atoms with Crippen molar-refractivity contribution < 1.29 is 17.9 Å². The van der Waals surface area contributed by atoms with Crippen molar-refractivity contribution in [2.75, 3.05) is 7.11 Å². The first-order valence-corrected chi connectivity index (χ1v) is 5.98. The third-order valence-electron chi connectivity index (χ3n) is 3.09. The van der Waals surface area contributed by atoms with Gasteiger partial charge in [-0.3, -0.25) is 0 Å². The van der Waals surface area contributed by atoms with Gasteiger partial charge in [-0.2, -0.15) is 0 Å². The Balaban J connectivity index is 2.50. The Hall–Kier alpha value is -2.01. The SMILES string of the molecule is COc1cc(F)c(C(N)c2ccc(C)cc2F)c(F)c1. The first-order chi connectivity index (χ1) is 9.43. The molecular weight excluding hydrogens is 267 g/mol. The molecule has 2 aromatic carbocycles. The number of benzene rings is 2. The van der Waals surface area contributed by atoms with Crippen LogP contribution in [0.2, 0.25) is 0 Å². The summed E-state index contributed by atoms with van der Waals surface area (Å²) in [5.74, 6) is -2.28. The zero-order chi connectivity index (χ0) is 14.9. The summed E-state index contributed by atoms with van der Waals surface area (Å²) >= 11 is 0. The van der Waals surface area contributed by atoms with Gasteiger partial charge in [0.2, 0.25) is 0 Å². The van der Waals surface area contributed by atoms with Crippen LogP contribution in [-0.4, -0.2) is 7.11 Å². The van der Waals surface area contributed by atoms with E-state index in [-0.39, 0.29) is 16.9 Å². The van der Waals surface area contributed by atoms with E-state index in [1.54, 1.807) is 13.0 Å². The van der Waals surface area contributed by atoms with E-state index >= 15 is 0 Å². The molecule has 1 atom stereocenters. The second kappa shape index (κ2) is 5.54. The molecule has 0 aliphatic heterocycles. The van der Waals surface area contributed by atoms with E-state index in [9.17, 15) is 13.2 Å². The number of methoxy groups -OCH3 is 1. The monoisotopic (exact) mass is 281 g/mol. The molecule has 0 aromatic heterocycles. The average Bonchev–Trinajstić information content (AvgIpc) is 2.37. The van der Waals surface area contributed by atoms with Crippen LogP contribution in [0.15, 0.2) is 30.3 Å². The van der Waals surface area contributed by atoms with Crippen molar-refractivity contribution in [3.05, 3.63) is 64.5 Å². The number of ether oxygens (including phenoxy) is 1. The van der Waals surface area contributed by atoms with Crippen LogP contribution in [0.3, 0.4) is 0 Å². The Labute approximate surface area is 115 Å². The van der Waals surface area contributed by atoms with Gasteiger partial charge < -0.3 is 10.5 Å². The molecule has 0 heterocycles. The fourth-order valence-corrected chi connectivity index (χ4v) is 2.02. The molecule has 0 saturated heterocycles. The molecule has 2 aromatic rings. The standard InChI is InChI=1S/C15H14F3NO/c1-8-3-4-10(11(16)5-8)15(19)14-12(17)6-9(20-2)7-13(14)18/h3-7,15H,19H2,1-2H3. The Kier molecular flexibility index (Phi) is 3.99. The summed E-state index contributed by atoms with van der Waals surface area (Å²) < 4.78 is 46.5. The largest absolute Gasteiger partial charge is 0.497 e. The number of hydrogen-bond donors (Lipinski definition) is 1. The molecule has 0 amide bonds. The quantitative estimate of drug-likeness (QED) is 0.935. The predicted octanol–water partition coefficient (Wildman–Crippen LogP) is 3.47. The molecule has 20 heavy (non-hydrogen) atoms. The third kappa shape index (κ3) is 2.63. The van der Waals surface area contributed by atoms with Crippen molar-refractivity contribution in [2.24, 2.45) is 5.73 Å². The highest BCUT2D eigenvalue weighted by molar-refractivity contribution is 5.38. The van der Waals surface area contributed by atoms with Gasteiger partial charge in [0, 0.05) is 23.3 Å². The summed E-state index contributed by atoms with van der Waals surface area (Å²) in [5, 5.41) is 0. The summed E-state index contributed by atoms with van der Waals surface area (Å²) in [6.45, 7) is 1.72. The van der Waals surface area contributed by atoms with E-state index in [1.165, 1.54) is 19.2 Å². The van der Waals surface area contributed by atoms with Crippen molar-refractivity contribution >= 4 is 0 Å². The second-order valence-electron chi connectivity index (χ2n) is 4.51. The van der Waals surface area contributed by atoms with Gasteiger partial charge in [-0.15, -0.1) is 0 Å². The zero-order valence-electron chi connectivity index (χ0n) is 11.1. The van der Waals surface area contributed by atoms with Crippen LogP contribution >= 0.6 is 0 Å². The van der Waals surface area contributed by atoms with Crippen LogP contribution in [0, 0.1) is 24.4 Å². The van der Waals surface area contributed by atoms with E-state index in [0.717, 1.165) is 12.1 Å². The molecule has 1 unspecified atom stereocenters. The fraction of sp³-hybridized carbons (Fsp3) is 0.200. The molecule has 106 valence electrons. The first-order valence-electron chi connectivity index (χ1n) is 5.98. The van der Waals surface area contributed by atoms with E-state index in [1.807, 2.05) is 0 Å². The van der Waals surface area contributed by atoms with Crippen LogP contribution in [0.1, 0.15) is 22.7 Å². The van der Waals surface area contributed by atoms with E-state index in [2.05, 4.69) is 0 Å². The minimum Gasteiger partial charge on any atom is -0.497 e. The maximum absolute atomic E-state index is 13.9. The van der Waals surface area contributed by atoms with Crippen LogP contribution < -0.4 is 10.5 Å². The summed E-state index contributed by atoms with van der Waals surface area (Å²) in [6, 6.07) is 5.15. The van der Waals surface area contributed by atoms with E-state index in [4.69, 9.17) is 10.5 Å². The highest BCUT2D eigenvalue weighted by atomic mass is 19.1. The number of rotatable bonds is 3. The van der Waals surface area contributed by atoms with Gasteiger partial charge in [0.15, 0.2) is 0 Å². The topological polar surface area (TPSA) is 35.2 Å². The molecular formula is C15H14F3NO. The summed E-state index contributed by atoms with van der Waals surface area (Å²) in [5.41, 5.74) is 6.16. The van der Waals surface area contributed by atoms with Gasteiger partial charge in [-0.1, -0.05) is 12.1 Å². The molecule has 2 N–H and O–H groups in total. The lowest BCUT2D eigenvalue weighted by Gasteiger charge is -2.16. The maximum atomic E-state index is 13.9. The molecule has 0 aliphatic rings. The molecule has 5 heteroatoms. The van der Waals surface area contributed by atoms with Gasteiger partial charge in [0.05, 0.1) is 13.2 Å². The lowest BCUT2D eigenvalue weighted by molar-refractivity contribution is 0.404. The first kappa shape index (κ1) is 14.4. The number of hydrogen-bond acceptors (Lipinski definition) is 2. The molecule has 0 spiro atoms. The molecule has 2 nitrogen and oxygen atoms in total. The minimum atomic E-state index is -1.22. The Morgan fingerprint density at radius 3 is 2.10 bits per heavy atom. The molecule has 0 bridgehead atoms. The zero-order valence-corrected chi connectivity index (χ0v) is 11.1. The van der Waals surface area contributed by atoms with E-state index < -0.39 is 23.5 Å². The molecule has 0 saturated carbocycles. The van der Waals surface area contributed by atoms with Crippen molar-refractivity contribution in [2.45, 2.75) is 13.0 Å². The number of aryl methyl sites for hydroxylation is 1. The van der Waals surface area contributed by atoms with Crippen molar-refractivity contribution in [1.29, 1.82) is 0 Å². The third-order valence-corrected chi connectivity index (χ3v) is 3.09. The van der Waals surface area contributed by atoms with Gasteiger partial charge in [0.25, 0.3) is 0 Å². The molecule has 0 fully saturated rings. The van der Waals surface area contributed by atoms with Crippen LogP contribution in [0.5, 0.6) is 5.75 Å². The van der Waals surface area contributed by atoms with Crippen molar-refractivity contribution in [3.63, 3.8) is 0 Å². The fourth-order valence-electron chi connectivity index (χ4n) is 2.02. The highest BCUT2D eigenvalue weighted by Gasteiger charge is 2.22. The van der Waals surface area contributed by atoms with Gasteiger partial charge in [-0.25, -0.2) is 13.2 Å².